The van der Waals surface area contributed by atoms with Gasteiger partial charge in [-0.1, -0.05) is 6.07 Å². The number of nitrogens with one attached hydrogen (secondary N) is 1. The highest BCUT2D eigenvalue weighted by Gasteiger charge is 2.15. The Hall–Kier alpha value is -2.22. The number of benzene rings is 1. The number of hydrogen-bond donors (Lipinski definition) is 3. The van der Waals surface area contributed by atoms with Gasteiger partial charge in [0.25, 0.3) is 0 Å². The molecule has 8 heteroatoms. The predicted molar refractivity (Wildman–Crippen MR) is 66.6 cm³/mol. The SMILES string of the molecule is NC(=O)C[C@@H](N)C(=O)NCCOc1c(F)cccc1F. The molecule has 0 aliphatic carbocycles. The topological polar surface area (TPSA) is 107 Å². The Balaban J connectivity index is 2.35. The molecule has 0 spiro atoms. The molecular weight excluding hydrogens is 272 g/mol. The molecule has 1 aromatic rings. The third-order valence-corrected chi connectivity index (χ3v) is 2.32. The fourth-order valence-corrected chi connectivity index (χ4v) is 1.39. The quantitative estimate of drug-likeness (QED) is 0.596. The third-order valence-electron chi connectivity index (χ3n) is 2.32. The van der Waals surface area contributed by atoms with Crippen LogP contribution in [0, 0.1) is 11.6 Å². The molecule has 0 heterocycles. The summed E-state index contributed by atoms with van der Waals surface area (Å²) in [7, 11) is 0. The van der Waals surface area contributed by atoms with Crippen molar-refractivity contribution in [3.63, 3.8) is 0 Å². The van der Waals surface area contributed by atoms with Gasteiger partial charge in [0, 0.05) is 0 Å². The first kappa shape index (κ1) is 15.8. The fraction of sp³-hybridized carbons (Fsp3) is 0.333. The average Bonchev–Trinajstić information content (AvgIpc) is 2.36. The minimum absolute atomic E-state index is 0.0148. The molecule has 1 aromatic carbocycles. The molecule has 20 heavy (non-hydrogen) atoms. The molecule has 0 radical (unpaired) electrons. The normalized spacial score (nSPS) is 11.8. The second kappa shape index (κ2) is 7.39. The standard InChI is InChI=1S/C12H15F2N3O3/c13-7-2-1-3-8(14)11(7)20-5-4-17-12(19)9(15)6-10(16)18/h1-3,9H,4-6,15H2,(H2,16,18)(H,17,19)/t9-/m1/s1. The van der Waals surface area contributed by atoms with E-state index in [1.54, 1.807) is 0 Å². The summed E-state index contributed by atoms with van der Waals surface area (Å²) in [6, 6.07) is 2.26. The Morgan fingerprint density at radius 3 is 2.45 bits per heavy atom. The van der Waals surface area contributed by atoms with E-state index in [0.717, 1.165) is 12.1 Å². The molecule has 0 saturated heterocycles. The monoisotopic (exact) mass is 287 g/mol. The lowest BCUT2D eigenvalue weighted by atomic mass is 10.2. The molecule has 6 nitrogen and oxygen atoms in total. The summed E-state index contributed by atoms with van der Waals surface area (Å²) >= 11 is 0. The molecule has 0 fully saturated rings. The van der Waals surface area contributed by atoms with E-state index in [1.807, 2.05) is 0 Å². The summed E-state index contributed by atoms with van der Waals surface area (Å²) in [6.45, 7) is -0.161. The van der Waals surface area contributed by atoms with Crippen molar-refractivity contribution in [3.05, 3.63) is 29.8 Å². The van der Waals surface area contributed by atoms with E-state index in [1.165, 1.54) is 6.07 Å². The van der Waals surface area contributed by atoms with Gasteiger partial charge in [-0.25, -0.2) is 8.78 Å². The third kappa shape index (κ3) is 4.81. The first-order chi connectivity index (χ1) is 9.41. The molecule has 0 aromatic heterocycles. The summed E-state index contributed by atoms with van der Waals surface area (Å²) in [6.07, 6.45) is -0.283. The van der Waals surface area contributed by atoms with E-state index in [4.69, 9.17) is 16.2 Å². The number of carbonyl (C=O) groups is 2. The van der Waals surface area contributed by atoms with Crippen molar-refractivity contribution in [2.45, 2.75) is 12.5 Å². The Kier molecular flexibility index (Phi) is 5.85. The smallest absolute Gasteiger partial charge is 0.237 e. The van der Waals surface area contributed by atoms with Crippen molar-refractivity contribution in [2.24, 2.45) is 11.5 Å². The van der Waals surface area contributed by atoms with Gasteiger partial charge in [0.1, 0.15) is 6.61 Å². The van der Waals surface area contributed by atoms with E-state index in [0.29, 0.717) is 0 Å². The van der Waals surface area contributed by atoms with Crippen LogP contribution in [-0.2, 0) is 9.59 Å². The van der Waals surface area contributed by atoms with E-state index >= 15 is 0 Å². The molecule has 0 aliphatic rings. The predicted octanol–water partition coefficient (Wildman–Crippen LogP) is -0.338. The number of rotatable bonds is 7. The van der Waals surface area contributed by atoms with Crippen molar-refractivity contribution in [2.75, 3.05) is 13.2 Å². The maximum atomic E-state index is 13.2. The number of hydrogen-bond acceptors (Lipinski definition) is 4. The van der Waals surface area contributed by atoms with Gasteiger partial charge < -0.3 is 21.5 Å². The highest BCUT2D eigenvalue weighted by molar-refractivity contribution is 5.87. The molecule has 2 amide bonds. The van der Waals surface area contributed by atoms with Crippen LogP contribution >= 0.6 is 0 Å². The van der Waals surface area contributed by atoms with Crippen LogP contribution in [0.2, 0.25) is 0 Å². The van der Waals surface area contributed by atoms with Crippen molar-refractivity contribution in [3.8, 4) is 5.75 Å². The van der Waals surface area contributed by atoms with Crippen LogP contribution in [0.15, 0.2) is 18.2 Å². The van der Waals surface area contributed by atoms with Gasteiger partial charge in [-0.2, -0.15) is 0 Å². The number of nitrogens with two attached hydrogens (primary N) is 2. The van der Waals surface area contributed by atoms with Crippen LogP contribution < -0.4 is 21.5 Å². The second-order valence-electron chi connectivity index (χ2n) is 3.97. The van der Waals surface area contributed by atoms with Gasteiger partial charge in [0.15, 0.2) is 17.4 Å². The van der Waals surface area contributed by atoms with E-state index in [-0.39, 0.29) is 19.6 Å². The van der Waals surface area contributed by atoms with Gasteiger partial charge in [0.05, 0.1) is 19.0 Å². The number of para-hydroxylation sites is 1. The lowest BCUT2D eigenvalue weighted by molar-refractivity contribution is -0.126. The number of halogens is 2. The zero-order valence-electron chi connectivity index (χ0n) is 10.6. The van der Waals surface area contributed by atoms with E-state index in [2.05, 4.69) is 5.32 Å². The number of ether oxygens (including phenoxy) is 1. The van der Waals surface area contributed by atoms with Gasteiger partial charge in [-0.15, -0.1) is 0 Å². The Morgan fingerprint density at radius 1 is 1.30 bits per heavy atom. The summed E-state index contributed by atoms with van der Waals surface area (Å²) in [5.41, 5.74) is 10.3. The largest absolute Gasteiger partial charge is 0.486 e. The first-order valence-electron chi connectivity index (χ1n) is 5.80. The van der Waals surface area contributed by atoms with Crippen LogP contribution in [0.5, 0.6) is 5.75 Å². The Bertz CT molecular complexity index is 477. The molecule has 5 N–H and O–H groups in total. The summed E-state index contributed by atoms with van der Waals surface area (Å²) < 4.78 is 31.3. The highest BCUT2D eigenvalue weighted by Crippen LogP contribution is 2.20. The molecule has 0 saturated carbocycles. The molecule has 110 valence electrons. The van der Waals surface area contributed by atoms with Crippen LogP contribution in [0.1, 0.15) is 6.42 Å². The molecule has 1 atom stereocenters. The zero-order valence-corrected chi connectivity index (χ0v) is 10.6. The summed E-state index contributed by atoms with van der Waals surface area (Å²) in [5.74, 6) is -3.47. The van der Waals surface area contributed by atoms with Crippen molar-refractivity contribution < 1.29 is 23.1 Å². The molecule has 1 rings (SSSR count). The minimum Gasteiger partial charge on any atom is -0.486 e. The lowest BCUT2D eigenvalue weighted by Crippen LogP contribution is -2.44. The Morgan fingerprint density at radius 2 is 1.90 bits per heavy atom. The van der Waals surface area contributed by atoms with Gasteiger partial charge in [-0.3, -0.25) is 9.59 Å². The van der Waals surface area contributed by atoms with Crippen LogP contribution in [-0.4, -0.2) is 31.0 Å². The van der Waals surface area contributed by atoms with E-state index < -0.39 is 35.2 Å². The average molecular weight is 287 g/mol. The Labute approximate surface area is 114 Å². The fourth-order valence-electron chi connectivity index (χ4n) is 1.39. The molecule has 0 unspecified atom stereocenters. The highest BCUT2D eigenvalue weighted by atomic mass is 19.1. The van der Waals surface area contributed by atoms with Crippen molar-refractivity contribution in [1.82, 2.24) is 5.32 Å². The van der Waals surface area contributed by atoms with Crippen molar-refractivity contribution in [1.29, 1.82) is 0 Å². The molecular formula is C12H15F2N3O3. The second-order valence-corrected chi connectivity index (χ2v) is 3.97. The number of carbonyl (C=O) groups excluding carboxylic acids is 2. The summed E-state index contributed by atoms with van der Waals surface area (Å²) in [4.78, 5) is 21.9. The van der Waals surface area contributed by atoms with Crippen LogP contribution in [0.4, 0.5) is 8.78 Å². The number of amides is 2. The maximum Gasteiger partial charge on any atom is 0.237 e. The van der Waals surface area contributed by atoms with Crippen molar-refractivity contribution >= 4 is 11.8 Å². The molecule has 0 aliphatic heterocycles. The first-order valence-corrected chi connectivity index (χ1v) is 5.80. The number of primary amides is 1. The summed E-state index contributed by atoms with van der Waals surface area (Å²) in [5, 5.41) is 2.36. The minimum atomic E-state index is -1.06. The lowest BCUT2D eigenvalue weighted by Gasteiger charge is -2.11. The zero-order chi connectivity index (χ0) is 15.1. The van der Waals surface area contributed by atoms with Gasteiger partial charge in [-0.05, 0) is 12.1 Å². The maximum absolute atomic E-state index is 13.2. The molecule has 0 bridgehead atoms. The van der Waals surface area contributed by atoms with Gasteiger partial charge in [0.2, 0.25) is 11.8 Å². The van der Waals surface area contributed by atoms with Crippen LogP contribution in [0.3, 0.4) is 0 Å². The van der Waals surface area contributed by atoms with Crippen LogP contribution in [0.25, 0.3) is 0 Å². The van der Waals surface area contributed by atoms with E-state index in [9.17, 15) is 18.4 Å². The van der Waals surface area contributed by atoms with Gasteiger partial charge >= 0.3 is 0 Å².